The molecule has 7 heteroatoms. The van der Waals surface area contributed by atoms with E-state index < -0.39 is 0 Å². The molecule has 24 heavy (non-hydrogen) atoms. The molecule has 1 atom stereocenters. The molecule has 1 aliphatic heterocycles. The number of thiophene rings is 1. The third-order valence-electron chi connectivity index (χ3n) is 4.53. The molecule has 1 saturated heterocycles. The smallest absolute Gasteiger partial charge is 0.273 e. The van der Waals surface area contributed by atoms with Gasteiger partial charge in [-0.3, -0.25) is 9.69 Å². The predicted molar refractivity (Wildman–Crippen MR) is 95.8 cm³/mol. The molecule has 1 fully saturated rings. The Kier molecular flexibility index (Phi) is 5.42. The zero-order valence-electron chi connectivity index (χ0n) is 13.8. The maximum atomic E-state index is 12.4. The van der Waals surface area contributed by atoms with Gasteiger partial charge in [0.05, 0.1) is 6.04 Å². The minimum Gasteiger partial charge on any atom is -0.382 e. The highest BCUT2D eigenvalue weighted by Crippen LogP contribution is 2.29. The summed E-state index contributed by atoms with van der Waals surface area (Å²) in [6.45, 7) is 4.97. The molecule has 1 amide bonds. The van der Waals surface area contributed by atoms with Crippen LogP contribution in [0.15, 0.2) is 29.9 Å². The SMILES string of the molecule is CC1CCN(C(CNC(=O)c2nccnc2N)c2cccs2)CC1. The zero-order chi connectivity index (χ0) is 16.9. The van der Waals surface area contributed by atoms with E-state index in [1.165, 1.54) is 30.1 Å². The van der Waals surface area contributed by atoms with Crippen LogP contribution in [-0.2, 0) is 0 Å². The number of nitrogen functional groups attached to an aromatic ring is 1. The monoisotopic (exact) mass is 345 g/mol. The highest BCUT2D eigenvalue weighted by Gasteiger charge is 2.26. The van der Waals surface area contributed by atoms with Gasteiger partial charge in [0, 0.05) is 23.8 Å². The second-order valence-electron chi connectivity index (χ2n) is 6.25. The number of nitrogens with one attached hydrogen (secondary N) is 1. The Morgan fingerprint density at radius 2 is 2.17 bits per heavy atom. The number of hydrogen-bond donors (Lipinski definition) is 2. The number of anilines is 1. The van der Waals surface area contributed by atoms with Crippen molar-refractivity contribution in [3.8, 4) is 0 Å². The maximum Gasteiger partial charge on any atom is 0.273 e. The fraction of sp³-hybridized carbons (Fsp3) is 0.471. The summed E-state index contributed by atoms with van der Waals surface area (Å²) in [6, 6.07) is 4.39. The van der Waals surface area contributed by atoms with Crippen LogP contribution in [0.2, 0.25) is 0 Å². The van der Waals surface area contributed by atoms with E-state index in [-0.39, 0.29) is 23.5 Å². The summed E-state index contributed by atoms with van der Waals surface area (Å²) in [5, 5.41) is 5.06. The molecule has 3 rings (SSSR count). The third-order valence-corrected chi connectivity index (χ3v) is 5.50. The average Bonchev–Trinajstić information content (AvgIpc) is 3.11. The van der Waals surface area contributed by atoms with E-state index in [9.17, 15) is 4.79 Å². The molecule has 3 heterocycles. The van der Waals surface area contributed by atoms with Gasteiger partial charge in [-0.15, -0.1) is 11.3 Å². The molecule has 0 radical (unpaired) electrons. The van der Waals surface area contributed by atoms with Gasteiger partial charge in [0.2, 0.25) is 0 Å². The van der Waals surface area contributed by atoms with E-state index in [1.807, 2.05) is 0 Å². The first-order valence-corrected chi connectivity index (χ1v) is 9.15. The van der Waals surface area contributed by atoms with E-state index in [0.29, 0.717) is 6.54 Å². The van der Waals surface area contributed by atoms with Crippen LogP contribution >= 0.6 is 11.3 Å². The molecule has 0 aliphatic carbocycles. The molecule has 3 N–H and O–H groups in total. The van der Waals surface area contributed by atoms with Crippen LogP contribution in [0, 0.1) is 5.92 Å². The Morgan fingerprint density at radius 3 is 2.83 bits per heavy atom. The molecule has 0 saturated carbocycles. The van der Waals surface area contributed by atoms with E-state index in [0.717, 1.165) is 19.0 Å². The fourth-order valence-electron chi connectivity index (χ4n) is 3.03. The van der Waals surface area contributed by atoms with Crippen LogP contribution in [0.25, 0.3) is 0 Å². The molecule has 0 bridgehead atoms. The zero-order valence-corrected chi connectivity index (χ0v) is 14.6. The number of rotatable bonds is 5. The molecular formula is C17H23N5OS. The van der Waals surface area contributed by atoms with Gasteiger partial charge in [-0.1, -0.05) is 13.0 Å². The van der Waals surface area contributed by atoms with Crippen molar-refractivity contribution in [3.05, 3.63) is 40.5 Å². The summed E-state index contributed by atoms with van der Waals surface area (Å²) in [5.74, 6) is 0.668. The Labute approximate surface area is 146 Å². The molecule has 1 unspecified atom stereocenters. The Balaban J connectivity index is 1.68. The van der Waals surface area contributed by atoms with Crippen LogP contribution in [0.1, 0.15) is 41.2 Å². The molecule has 2 aromatic heterocycles. The van der Waals surface area contributed by atoms with Crippen LogP contribution in [0.3, 0.4) is 0 Å². The van der Waals surface area contributed by atoms with Crippen molar-refractivity contribution < 1.29 is 4.79 Å². The summed E-state index contributed by atoms with van der Waals surface area (Å²) < 4.78 is 0. The lowest BCUT2D eigenvalue weighted by Gasteiger charge is -2.36. The molecule has 1 aliphatic rings. The standard InChI is InChI=1S/C17H23N5OS/c1-12-4-8-22(9-5-12)13(14-3-2-10-24-14)11-21-17(23)15-16(18)20-7-6-19-15/h2-3,6-7,10,12-13H,4-5,8-9,11H2,1H3,(H2,18,20)(H,21,23). The number of piperidine rings is 1. The number of nitrogens with zero attached hydrogens (tertiary/aromatic N) is 3. The Hall–Kier alpha value is -1.99. The van der Waals surface area contributed by atoms with Gasteiger partial charge in [0.1, 0.15) is 0 Å². The van der Waals surface area contributed by atoms with Crippen LogP contribution in [0.4, 0.5) is 5.82 Å². The first-order valence-electron chi connectivity index (χ1n) is 8.27. The van der Waals surface area contributed by atoms with Crippen molar-refractivity contribution in [1.29, 1.82) is 0 Å². The number of carbonyl (C=O) groups is 1. The number of nitrogens with two attached hydrogens (primary N) is 1. The van der Waals surface area contributed by atoms with Crippen LogP contribution in [-0.4, -0.2) is 40.4 Å². The minimum absolute atomic E-state index is 0.162. The van der Waals surface area contributed by atoms with Crippen molar-refractivity contribution in [2.75, 3.05) is 25.4 Å². The van der Waals surface area contributed by atoms with Gasteiger partial charge in [0.15, 0.2) is 11.5 Å². The van der Waals surface area contributed by atoms with Crippen molar-refractivity contribution in [2.24, 2.45) is 5.92 Å². The summed E-state index contributed by atoms with van der Waals surface area (Å²) in [5.41, 5.74) is 5.93. The van der Waals surface area contributed by atoms with Gasteiger partial charge in [0.25, 0.3) is 5.91 Å². The summed E-state index contributed by atoms with van der Waals surface area (Å²) in [6.07, 6.45) is 5.36. The molecule has 2 aromatic rings. The van der Waals surface area contributed by atoms with Crippen molar-refractivity contribution in [2.45, 2.75) is 25.8 Å². The number of carbonyl (C=O) groups excluding carboxylic acids is 1. The summed E-state index contributed by atoms with van der Waals surface area (Å²) in [4.78, 5) is 24.1. The maximum absolute atomic E-state index is 12.4. The topological polar surface area (TPSA) is 84.1 Å². The first kappa shape index (κ1) is 16.9. The third kappa shape index (κ3) is 3.91. The van der Waals surface area contributed by atoms with Gasteiger partial charge in [-0.25, -0.2) is 9.97 Å². The van der Waals surface area contributed by atoms with Gasteiger partial charge in [-0.2, -0.15) is 0 Å². The lowest BCUT2D eigenvalue weighted by Crippen LogP contribution is -2.41. The van der Waals surface area contributed by atoms with E-state index in [2.05, 4.69) is 44.6 Å². The van der Waals surface area contributed by atoms with E-state index >= 15 is 0 Å². The van der Waals surface area contributed by atoms with Crippen molar-refractivity contribution >= 4 is 23.1 Å². The summed E-state index contributed by atoms with van der Waals surface area (Å²) in [7, 11) is 0. The normalized spacial score (nSPS) is 17.5. The molecule has 0 aromatic carbocycles. The minimum atomic E-state index is -0.271. The molecular weight excluding hydrogens is 322 g/mol. The molecule has 6 nitrogen and oxygen atoms in total. The van der Waals surface area contributed by atoms with Crippen LogP contribution in [0.5, 0.6) is 0 Å². The number of likely N-dealkylation sites (tertiary alicyclic amines) is 1. The quantitative estimate of drug-likeness (QED) is 0.869. The lowest BCUT2D eigenvalue weighted by molar-refractivity contribution is 0.0910. The van der Waals surface area contributed by atoms with Gasteiger partial charge in [-0.05, 0) is 43.3 Å². The Bertz CT molecular complexity index is 667. The summed E-state index contributed by atoms with van der Waals surface area (Å²) >= 11 is 1.73. The number of amides is 1. The highest BCUT2D eigenvalue weighted by molar-refractivity contribution is 7.10. The molecule has 0 spiro atoms. The van der Waals surface area contributed by atoms with Gasteiger partial charge < -0.3 is 11.1 Å². The first-order chi connectivity index (χ1) is 11.6. The van der Waals surface area contributed by atoms with Crippen molar-refractivity contribution in [1.82, 2.24) is 20.2 Å². The van der Waals surface area contributed by atoms with E-state index in [1.54, 1.807) is 11.3 Å². The van der Waals surface area contributed by atoms with Crippen molar-refractivity contribution in [3.63, 3.8) is 0 Å². The number of hydrogen-bond acceptors (Lipinski definition) is 6. The predicted octanol–water partition coefficient (Wildman–Crippen LogP) is 2.32. The largest absolute Gasteiger partial charge is 0.382 e. The second-order valence-corrected chi connectivity index (χ2v) is 7.23. The van der Waals surface area contributed by atoms with Gasteiger partial charge >= 0.3 is 0 Å². The van der Waals surface area contributed by atoms with E-state index in [4.69, 9.17) is 5.73 Å². The highest BCUT2D eigenvalue weighted by atomic mass is 32.1. The molecule has 128 valence electrons. The van der Waals surface area contributed by atoms with Crippen LogP contribution < -0.4 is 11.1 Å². The average molecular weight is 345 g/mol. The Morgan fingerprint density at radius 1 is 1.42 bits per heavy atom. The fourth-order valence-corrected chi connectivity index (χ4v) is 3.89. The lowest BCUT2D eigenvalue weighted by atomic mass is 9.97. The second kappa shape index (κ2) is 7.72. The number of aromatic nitrogens is 2.